The zero-order chi connectivity index (χ0) is 18.9. The number of ether oxygens (including phenoxy) is 2. The van der Waals surface area contributed by atoms with E-state index in [0.717, 1.165) is 44.5 Å². The van der Waals surface area contributed by atoms with Crippen LogP contribution in [0.2, 0.25) is 0 Å². The molecular formula is C22H33NO3. The van der Waals surface area contributed by atoms with Crippen molar-refractivity contribution in [3.63, 3.8) is 0 Å². The van der Waals surface area contributed by atoms with Gasteiger partial charge in [-0.15, -0.1) is 0 Å². The third-order valence-corrected chi connectivity index (χ3v) is 5.53. The quantitative estimate of drug-likeness (QED) is 0.728. The largest absolute Gasteiger partial charge is 0.490 e. The van der Waals surface area contributed by atoms with Gasteiger partial charge in [0.1, 0.15) is 11.4 Å². The molecule has 0 atom stereocenters. The van der Waals surface area contributed by atoms with Crippen LogP contribution in [0.4, 0.5) is 4.79 Å². The molecule has 1 saturated carbocycles. The van der Waals surface area contributed by atoms with Crippen LogP contribution >= 0.6 is 0 Å². The maximum absolute atomic E-state index is 12.1. The van der Waals surface area contributed by atoms with Crippen LogP contribution in [0, 0.1) is 5.41 Å². The number of hydrogen-bond acceptors (Lipinski definition) is 3. The third kappa shape index (κ3) is 4.52. The fourth-order valence-electron chi connectivity index (χ4n) is 4.00. The average molecular weight is 360 g/mol. The number of amides is 1. The molecule has 26 heavy (non-hydrogen) atoms. The molecular weight excluding hydrogens is 326 g/mol. The number of rotatable bonds is 3. The molecule has 0 unspecified atom stereocenters. The molecule has 1 heterocycles. The summed E-state index contributed by atoms with van der Waals surface area (Å²) < 4.78 is 11.7. The van der Waals surface area contributed by atoms with E-state index in [4.69, 9.17) is 9.47 Å². The summed E-state index contributed by atoms with van der Waals surface area (Å²) in [6.07, 6.45) is 4.50. The van der Waals surface area contributed by atoms with E-state index < -0.39 is 5.60 Å². The van der Waals surface area contributed by atoms with E-state index >= 15 is 0 Å². The van der Waals surface area contributed by atoms with Gasteiger partial charge in [-0.1, -0.05) is 26.0 Å². The van der Waals surface area contributed by atoms with Gasteiger partial charge < -0.3 is 14.4 Å². The van der Waals surface area contributed by atoms with Crippen molar-refractivity contribution < 1.29 is 14.3 Å². The molecule has 144 valence electrons. The first-order valence-corrected chi connectivity index (χ1v) is 9.90. The van der Waals surface area contributed by atoms with Gasteiger partial charge >= 0.3 is 6.09 Å². The Morgan fingerprint density at radius 3 is 2.42 bits per heavy atom. The van der Waals surface area contributed by atoms with Crippen LogP contribution in [0.25, 0.3) is 0 Å². The Balaban J connectivity index is 1.47. The Labute approximate surface area is 157 Å². The van der Waals surface area contributed by atoms with Gasteiger partial charge in [0.15, 0.2) is 0 Å². The van der Waals surface area contributed by atoms with Crippen LogP contribution in [0.15, 0.2) is 24.3 Å². The smallest absolute Gasteiger partial charge is 0.410 e. The summed E-state index contributed by atoms with van der Waals surface area (Å²) in [4.78, 5) is 14.0. The summed E-state index contributed by atoms with van der Waals surface area (Å²) >= 11 is 0. The maximum Gasteiger partial charge on any atom is 0.410 e. The molecule has 4 nitrogen and oxygen atoms in total. The minimum Gasteiger partial charge on any atom is -0.490 e. The normalized spacial score (nSPS) is 20.2. The summed E-state index contributed by atoms with van der Waals surface area (Å²) in [5.74, 6) is 1.50. The Kier molecular flexibility index (Phi) is 5.23. The first-order valence-electron chi connectivity index (χ1n) is 9.90. The molecule has 0 aromatic heterocycles. The van der Waals surface area contributed by atoms with Crippen molar-refractivity contribution in [2.45, 2.75) is 77.9 Å². The zero-order valence-corrected chi connectivity index (χ0v) is 16.9. The van der Waals surface area contributed by atoms with Crippen molar-refractivity contribution in [1.29, 1.82) is 0 Å². The van der Waals surface area contributed by atoms with Gasteiger partial charge in [0.25, 0.3) is 0 Å². The van der Waals surface area contributed by atoms with Crippen LogP contribution in [0.3, 0.4) is 0 Å². The van der Waals surface area contributed by atoms with E-state index in [1.807, 2.05) is 25.7 Å². The van der Waals surface area contributed by atoms with Crippen LogP contribution in [0.5, 0.6) is 5.75 Å². The molecule has 0 N–H and O–H groups in total. The Bertz CT molecular complexity index is 631. The standard InChI is InChI=1S/C22H33NO3/c1-16(2)17-7-6-8-19(13-17)25-18-9-11-22(12-10-18)14-23(15-22)20(24)26-21(3,4)5/h6-8,13,16,18H,9-12,14-15H2,1-5H3. The van der Waals surface area contributed by atoms with E-state index in [2.05, 4.69) is 38.1 Å². The van der Waals surface area contributed by atoms with Crippen molar-refractivity contribution >= 4 is 6.09 Å². The van der Waals surface area contributed by atoms with Gasteiger partial charge in [0.2, 0.25) is 0 Å². The van der Waals surface area contributed by atoms with E-state index in [0.29, 0.717) is 12.0 Å². The lowest BCUT2D eigenvalue weighted by Gasteiger charge is -2.53. The third-order valence-electron chi connectivity index (χ3n) is 5.53. The molecule has 1 amide bonds. The summed E-state index contributed by atoms with van der Waals surface area (Å²) in [5, 5.41) is 0. The lowest BCUT2D eigenvalue weighted by atomic mass is 9.68. The SMILES string of the molecule is CC(C)c1cccc(OC2CCC3(CC2)CN(C(=O)OC(C)(C)C)C3)c1. The van der Waals surface area contributed by atoms with Crippen molar-refractivity contribution in [1.82, 2.24) is 4.90 Å². The number of carbonyl (C=O) groups excluding carboxylic acids is 1. The van der Waals surface area contributed by atoms with E-state index in [9.17, 15) is 4.79 Å². The van der Waals surface area contributed by atoms with Crippen LogP contribution in [-0.4, -0.2) is 35.8 Å². The van der Waals surface area contributed by atoms with Gasteiger partial charge in [0.05, 0.1) is 6.10 Å². The van der Waals surface area contributed by atoms with Gasteiger partial charge in [-0.2, -0.15) is 0 Å². The van der Waals surface area contributed by atoms with Gasteiger partial charge in [0, 0.05) is 18.5 Å². The molecule has 4 heteroatoms. The molecule has 1 spiro atoms. The summed E-state index contributed by atoms with van der Waals surface area (Å²) in [6, 6.07) is 8.47. The lowest BCUT2D eigenvalue weighted by molar-refractivity contribution is -0.0607. The highest BCUT2D eigenvalue weighted by Crippen LogP contribution is 2.45. The fraction of sp³-hybridized carbons (Fsp3) is 0.682. The van der Waals surface area contributed by atoms with Crippen molar-refractivity contribution in [3.8, 4) is 5.75 Å². The van der Waals surface area contributed by atoms with Crippen molar-refractivity contribution in [2.24, 2.45) is 5.41 Å². The van der Waals surface area contributed by atoms with Gasteiger partial charge in [-0.3, -0.25) is 0 Å². The number of nitrogens with zero attached hydrogens (tertiary/aromatic N) is 1. The Morgan fingerprint density at radius 1 is 1.19 bits per heavy atom. The Morgan fingerprint density at radius 2 is 1.85 bits per heavy atom. The van der Waals surface area contributed by atoms with Crippen LogP contribution in [-0.2, 0) is 4.74 Å². The molecule has 0 bridgehead atoms. The van der Waals surface area contributed by atoms with Gasteiger partial charge in [-0.05, 0) is 70.1 Å². The molecule has 1 saturated heterocycles. The van der Waals surface area contributed by atoms with E-state index in [1.54, 1.807) is 0 Å². The minimum absolute atomic E-state index is 0.174. The second-order valence-electron chi connectivity index (χ2n) is 9.38. The number of likely N-dealkylation sites (tertiary alicyclic amines) is 1. The molecule has 1 aliphatic carbocycles. The van der Waals surface area contributed by atoms with E-state index in [-0.39, 0.29) is 11.5 Å². The zero-order valence-electron chi connectivity index (χ0n) is 16.9. The number of hydrogen-bond donors (Lipinski definition) is 0. The second-order valence-corrected chi connectivity index (χ2v) is 9.38. The summed E-state index contributed by atoms with van der Waals surface area (Å²) in [6.45, 7) is 11.8. The molecule has 2 fully saturated rings. The molecule has 1 aromatic rings. The molecule has 0 radical (unpaired) electrons. The topological polar surface area (TPSA) is 38.8 Å². The second kappa shape index (κ2) is 7.13. The van der Waals surface area contributed by atoms with E-state index in [1.165, 1.54) is 5.56 Å². The molecule has 1 aliphatic heterocycles. The number of carbonyl (C=O) groups is 1. The highest BCUT2D eigenvalue weighted by Gasteiger charge is 2.48. The van der Waals surface area contributed by atoms with Crippen LogP contribution < -0.4 is 4.74 Å². The predicted molar refractivity (Wildman–Crippen MR) is 104 cm³/mol. The van der Waals surface area contributed by atoms with Crippen molar-refractivity contribution in [2.75, 3.05) is 13.1 Å². The highest BCUT2D eigenvalue weighted by molar-refractivity contribution is 5.69. The predicted octanol–water partition coefficient (Wildman–Crippen LogP) is 5.37. The van der Waals surface area contributed by atoms with Gasteiger partial charge in [-0.25, -0.2) is 4.79 Å². The first kappa shape index (κ1) is 19.1. The van der Waals surface area contributed by atoms with Crippen molar-refractivity contribution in [3.05, 3.63) is 29.8 Å². The molecule has 3 rings (SSSR count). The molecule has 2 aliphatic rings. The van der Waals surface area contributed by atoms with Crippen LogP contribution in [0.1, 0.15) is 71.8 Å². The average Bonchev–Trinajstić information content (AvgIpc) is 2.52. The lowest BCUT2D eigenvalue weighted by Crippen LogP contribution is -2.60. The maximum atomic E-state index is 12.1. The fourth-order valence-corrected chi connectivity index (χ4v) is 4.00. The minimum atomic E-state index is -0.421. The summed E-state index contributed by atoms with van der Waals surface area (Å²) in [5.41, 5.74) is 1.19. The first-order chi connectivity index (χ1) is 12.2. The number of benzene rings is 1. The monoisotopic (exact) mass is 359 g/mol. The molecule has 1 aromatic carbocycles. The summed E-state index contributed by atoms with van der Waals surface area (Å²) in [7, 11) is 0. The Hall–Kier alpha value is -1.71. The highest BCUT2D eigenvalue weighted by atomic mass is 16.6.